The van der Waals surface area contributed by atoms with Crippen molar-refractivity contribution in [3.05, 3.63) is 46.9 Å². The van der Waals surface area contributed by atoms with Crippen molar-refractivity contribution in [2.75, 3.05) is 5.32 Å². The van der Waals surface area contributed by atoms with Crippen LogP contribution in [0, 0.1) is 18.3 Å². The van der Waals surface area contributed by atoms with E-state index < -0.39 is 0 Å². The highest BCUT2D eigenvalue weighted by Crippen LogP contribution is 2.19. The molecule has 0 bridgehead atoms. The maximum atomic E-state index is 8.69. The Morgan fingerprint density at radius 2 is 2.00 bits per heavy atom. The van der Waals surface area contributed by atoms with E-state index in [4.69, 9.17) is 16.9 Å². The predicted octanol–water partition coefficient (Wildman–Crippen LogP) is 3.05. The summed E-state index contributed by atoms with van der Waals surface area (Å²) in [5.41, 5.74) is 2.37. The van der Waals surface area contributed by atoms with E-state index in [1.165, 1.54) is 0 Å². The molecule has 0 fully saturated rings. The van der Waals surface area contributed by atoms with Crippen LogP contribution in [0.2, 0.25) is 5.28 Å². The molecule has 0 aliphatic rings. The third-order valence-corrected chi connectivity index (χ3v) is 2.40. The molecule has 4 nitrogen and oxygen atoms in total. The van der Waals surface area contributed by atoms with Crippen molar-refractivity contribution in [1.29, 1.82) is 5.26 Å². The number of nitrogens with one attached hydrogen (secondary N) is 1. The van der Waals surface area contributed by atoms with Crippen LogP contribution in [0.15, 0.2) is 30.5 Å². The van der Waals surface area contributed by atoms with Gasteiger partial charge in [-0.25, -0.2) is 9.97 Å². The molecule has 0 aliphatic heterocycles. The Kier molecular flexibility index (Phi) is 3.22. The van der Waals surface area contributed by atoms with E-state index in [-0.39, 0.29) is 5.28 Å². The summed E-state index contributed by atoms with van der Waals surface area (Å²) in [6, 6.07) is 9.16. The molecule has 0 amide bonds. The highest BCUT2D eigenvalue weighted by molar-refractivity contribution is 6.28. The van der Waals surface area contributed by atoms with E-state index in [0.717, 1.165) is 11.3 Å². The van der Waals surface area contributed by atoms with Gasteiger partial charge in [0, 0.05) is 17.4 Å². The first kappa shape index (κ1) is 11.4. The van der Waals surface area contributed by atoms with Crippen LogP contribution in [0.4, 0.5) is 11.5 Å². The van der Waals surface area contributed by atoms with E-state index in [2.05, 4.69) is 21.4 Å². The first-order valence-electron chi connectivity index (χ1n) is 4.95. The van der Waals surface area contributed by atoms with Gasteiger partial charge in [0.1, 0.15) is 5.82 Å². The van der Waals surface area contributed by atoms with Gasteiger partial charge in [-0.1, -0.05) is 0 Å². The second kappa shape index (κ2) is 4.81. The maximum Gasteiger partial charge on any atom is 0.224 e. The molecule has 84 valence electrons. The third-order valence-electron chi connectivity index (χ3n) is 2.22. The molecule has 5 heteroatoms. The second-order valence-corrected chi connectivity index (χ2v) is 3.82. The van der Waals surface area contributed by atoms with Crippen LogP contribution in [0.3, 0.4) is 0 Å². The summed E-state index contributed by atoms with van der Waals surface area (Å²) in [6.07, 6.45) is 1.65. The molecule has 2 aromatic rings. The van der Waals surface area contributed by atoms with Gasteiger partial charge in [0.05, 0.1) is 11.6 Å². The van der Waals surface area contributed by atoms with Crippen molar-refractivity contribution < 1.29 is 0 Å². The normalized spacial score (nSPS) is 9.71. The van der Waals surface area contributed by atoms with E-state index in [9.17, 15) is 0 Å². The Labute approximate surface area is 104 Å². The van der Waals surface area contributed by atoms with Gasteiger partial charge in [0.2, 0.25) is 5.28 Å². The first-order valence-corrected chi connectivity index (χ1v) is 5.33. The van der Waals surface area contributed by atoms with Gasteiger partial charge in [-0.15, -0.1) is 0 Å². The molecule has 0 atom stereocenters. The number of aryl methyl sites for hydroxylation is 1. The van der Waals surface area contributed by atoms with Gasteiger partial charge in [0.15, 0.2) is 0 Å². The minimum atomic E-state index is 0.201. The van der Waals surface area contributed by atoms with Crippen LogP contribution in [0.5, 0.6) is 0 Å². The van der Waals surface area contributed by atoms with Crippen LogP contribution in [-0.2, 0) is 0 Å². The molecule has 1 aromatic heterocycles. The molecule has 0 radical (unpaired) electrons. The second-order valence-electron chi connectivity index (χ2n) is 3.48. The molecular formula is C12H9ClN4. The van der Waals surface area contributed by atoms with Crippen molar-refractivity contribution in [3.63, 3.8) is 0 Å². The molecule has 1 N–H and O–H groups in total. The number of halogens is 1. The van der Waals surface area contributed by atoms with Gasteiger partial charge in [-0.2, -0.15) is 5.26 Å². The van der Waals surface area contributed by atoms with Crippen molar-refractivity contribution in [2.45, 2.75) is 6.92 Å². The number of rotatable bonds is 2. The average molecular weight is 245 g/mol. The molecule has 0 saturated carbocycles. The molecular weight excluding hydrogens is 236 g/mol. The van der Waals surface area contributed by atoms with Gasteiger partial charge in [-0.05, 0) is 42.8 Å². The highest BCUT2D eigenvalue weighted by Gasteiger charge is 2.02. The average Bonchev–Trinajstić information content (AvgIpc) is 2.35. The van der Waals surface area contributed by atoms with Crippen LogP contribution >= 0.6 is 11.6 Å². The van der Waals surface area contributed by atoms with Crippen LogP contribution in [0.1, 0.15) is 11.1 Å². The fraction of sp³-hybridized carbons (Fsp3) is 0.0833. The summed E-state index contributed by atoms with van der Waals surface area (Å²) in [7, 11) is 0. The molecule has 17 heavy (non-hydrogen) atoms. The lowest BCUT2D eigenvalue weighted by molar-refractivity contribution is 1.13. The summed E-state index contributed by atoms with van der Waals surface area (Å²) >= 11 is 5.73. The standard InChI is InChI=1S/C12H9ClN4/c1-8-7-15-12(13)17-11(8)16-10-4-2-9(6-14)3-5-10/h2-5,7H,1H3,(H,15,16,17). The number of nitrogens with zero attached hydrogens (tertiary/aromatic N) is 3. The molecule has 1 aromatic carbocycles. The van der Waals surface area contributed by atoms with E-state index in [1.807, 2.05) is 19.1 Å². The molecule has 0 aliphatic carbocycles. The zero-order valence-electron chi connectivity index (χ0n) is 9.11. The summed E-state index contributed by atoms with van der Waals surface area (Å²) < 4.78 is 0. The van der Waals surface area contributed by atoms with Gasteiger partial charge in [-0.3, -0.25) is 0 Å². The number of anilines is 2. The summed E-state index contributed by atoms with van der Waals surface area (Å²) in [6.45, 7) is 1.89. The molecule has 0 spiro atoms. The van der Waals surface area contributed by atoms with Crippen LogP contribution < -0.4 is 5.32 Å². The van der Waals surface area contributed by atoms with Gasteiger partial charge in [0.25, 0.3) is 0 Å². The van der Waals surface area contributed by atoms with Crippen molar-refractivity contribution in [1.82, 2.24) is 9.97 Å². The van der Waals surface area contributed by atoms with Crippen molar-refractivity contribution in [2.24, 2.45) is 0 Å². The lowest BCUT2D eigenvalue weighted by Gasteiger charge is -2.07. The zero-order chi connectivity index (χ0) is 12.3. The molecule has 2 rings (SSSR count). The largest absolute Gasteiger partial charge is 0.340 e. The van der Waals surface area contributed by atoms with Gasteiger partial charge >= 0.3 is 0 Å². The number of aromatic nitrogens is 2. The Balaban J connectivity index is 2.25. The Morgan fingerprint density at radius 3 is 2.65 bits per heavy atom. The van der Waals surface area contributed by atoms with E-state index in [0.29, 0.717) is 11.4 Å². The van der Waals surface area contributed by atoms with E-state index in [1.54, 1.807) is 18.3 Å². The topological polar surface area (TPSA) is 61.6 Å². The van der Waals surface area contributed by atoms with Crippen molar-refractivity contribution >= 4 is 23.1 Å². The van der Waals surface area contributed by atoms with Crippen LogP contribution in [-0.4, -0.2) is 9.97 Å². The highest BCUT2D eigenvalue weighted by atomic mass is 35.5. The lowest BCUT2D eigenvalue weighted by atomic mass is 10.2. The Bertz CT molecular complexity index is 572. The van der Waals surface area contributed by atoms with Gasteiger partial charge < -0.3 is 5.32 Å². The smallest absolute Gasteiger partial charge is 0.224 e. The molecule has 0 unspecified atom stereocenters. The Hall–Kier alpha value is -2.12. The number of benzene rings is 1. The number of nitriles is 1. The first-order chi connectivity index (χ1) is 8.19. The summed E-state index contributed by atoms with van der Waals surface area (Å²) in [5, 5.41) is 12.0. The zero-order valence-corrected chi connectivity index (χ0v) is 9.86. The fourth-order valence-electron chi connectivity index (χ4n) is 1.31. The van der Waals surface area contributed by atoms with E-state index >= 15 is 0 Å². The molecule has 0 saturated heterocycles. The van der Waals surface area contributed by atoms with Crippen molar-refractivity contribution in [3.8, 4) is 6.07 Å². The monoisotopic (exact) mass is 244 g/mol. The maximum absolute atomic E-state index is 8.69. The summed E-state index contributed by atoms with van der Waals surface area (Å²) in [5.74, 6) is 0.662. The lowest BCUT2D eigenvalue weighted by Crippen LogP contribution is -1.98. The minimum absolute atomic E-state index is 0.201. The quantitative estimate of drug-likeness (QED) is 0.825. The van der Waals surface area contributed by atoms with Crippen LogP contribution in [0.25, 0.3) is 0 Å². The Morgan fingerprint density at radius 1 is 1.29 bits per heavy atom. The minimum Gasteiger partial charge on any atom is -0.340 e. The predicted molar refractivity (Wildman–Crippen MR) is 66.2 cm³/mol. The number of hydrogen-bond donors (Lipinski definition) is 1. The summed E-state index contributed by atoms with van der Waals surface area (Å²) in [4.78, 5) is 7.97. The SMILES string of the molecule is Cc1cnc(Cl)nc1Nc1ccc(C#N)cc1. The number of hydrogen-bond acceptors (Lipinski definition) is 4. The fourth-order valence-corrected chi connectivity index (χ4v) is 1.45. The third kappa shape index (κ3) is 2.71. The molecule has 1 heterocycles.